The zero-order valence-corrected chi connectivity index (χ0v) is 16.8. The maximum Gasteiger partial charge on any atom is 0.408 e. The van der Waals surface area contributed by atoms with E-state index in [9.17, 15) is 14.4 Å². The van der Waals surface area contributed by atoms with Crippen LogP contribution in [0.15, 0.2) is 35.1 Å². The molecule has 1 aromatic heterocycles. The zero-order chi connectivity index (χ0) is 20.9. The van der Waals surface area contributed by atoms with E-state index in [1.807, 2.05) is 0 Å². The fourth-order valence-corrected chi connectivity index (χ4v) is 2.61. The van der Waals surface area contributed by atoms with Gasteiger partial charge in [0.15, 0.2) is 11.6 Å². The lowest BCUT2D eigenvalue weighted by Crippen LogP contribution is -2.42. The van der Waals surface area contributed by atoms with Crippen LogP contribution in [0.1, 0.15) is 43.6 Å². The Kier molecular flexibility index (Phi) is 6.80. The highest BCUT2D eigenvalue weighted by Crippen LogP contribution is 2.22. The minimum Gasteiger partial charge on any atom is -0.444 e. The molecule has 150 valence electrons. The summed E-state index contributed by atoms with van der Waals surface area (Å²) in [5, 5.41) is 8.85. The Labute approximate surface area is 167 Å². The van der Waals surface area contributed by atoms with E-state index in [4.69, 9.17) is 16.3 Å². The summed E-state index contributed by atoms with van der Waals surface area (Å²) in [5.41, 5.74) is -0.0899. The number of ketones is 1. The Bertz CT molecular complexity index is 859. The van der Waals surface area contributed by atoms with Crippen LogP contribution in [-0.4, -0.2) is 34.6 Å². The highest BCUT2D eigenvalue weighted by Gasteiger charge is 2.23. The van der Waals surface area contributed by atoms with Gasteiger partial charge in [-0.25, -0.2) is 4.79 Å². The second-order valence-electron chi connectivity index (χ2n) is 7.12. The van der Waals surface area contributed by atoms with Crippen molar-refractivity contribution in [1.82, 2.24) is 10.5 Å². The van der Waals surface area contributed by atoms with E-state index in [1.54, 1.807) is 45.9 Å². The van der Waals surface area contributed by atoms with Crippen LogP contribution in [0.5, 0.6) is 0 Å². The molecule has 28 heavy (non-hydrogen) atoms. The van der Waals surface area contributed by atoms with E-state index >= 15 is 0 Å². The smallest absolute Gasteiger partial charge is 0.408 e. The van der Waals surface area contributed by atoms with Gasteiger partial charge in [0.25, 0.3) is 5.91 Å². The first kappa shape index (κ1) is 21.4. The van der Waals surface area contributed by atoms with Crippen molar-refractivity contribution in [2.75, 3.05) is 5.32 Å². The Balaban J connectivity index is 2.10. The quantitative estimate of drug-likeness (QED) is 0.756. The molecule has 2 amide bonds. The first-order valence-corrected chi connectivity index (χ1v) is 8.96. The number of aromatic nitrogens is 1. The predicted octanol–water partition coefficient (Wildman–Crippen LogP) is 3.61. The number of alkyl carbamates (subject to hydrolysis) is 1. The number of rotatable bonds is 6. The summed E-state index contributed by atoms with van der Waals surface area (Å²) in [7, 11) is 0. The standard InChI is InChI=1S/C19H22ClN3O5/c1-11(21-18(26)28-19(2,3)4)14(24)10-12-6-5-7-13(20)16(12)17(25)22-15-8-9-27-23-15/h5-9,11H,10H2,1-4H3,(H,21,26)(H,22,23,25). The molecule has 0 spiro atoms. The molecule has 0 saturated carbocycles. The van der Waals surface area contributed by atoms with Crippen LogP contribution in [0.2, 0.25) is 5.02 Å². The van der Waals surface area contributed by atoms with Gasteiger partial charge in [0.1, 0.15) is 11.9 Å². The second-order valence-corrected chi connectivity index (χ2v) is 7.53. The Morgan fingerprint density at radius 3 is 2.57 bits per heavy atom. The van der Waals surface area contributed by atoms with Crippen molar-refractivity contribution in [3.63, 3.8) is 0 Å². The third kappa shape index (κ3) is 6.09. The third-order valence-corrected chi connectivity index (χ3v) is 3.90. The molecule has 1 heterocycles. The first-order valence-electron chi connectivity index (χ1n) is 8.58. The summed E-state index contributed by atoms with van der Waals surface area (Å²) in [4.78, 5) is 37.0. The second kappa shape index (κ2) is 8.88. The van der Waals surface area contributed by atoms with E-state index < -0.39 is 23.6 Å². The molecule has 1 atom stereocenters. The number of amides is 2. The van der Waals surface area contributed by atoms with Gasteiger partial charge in [0, 0.05) is 12.5 Å². The number of hydrogen-bond acceptors (Lipinski definition) is 6. The van der Waals surface area contributed by atoms with Crippen molar-refractivity contribution in [2.24, 2.45) is 0 Å². The highest BCUT2D eigenvalue weighted by atomic mass is 35.5. The fourth-order valence-electron chi connectivity index (χ4n) is 2.33. The number of hydrogen-bond donors (Lipinski definition) is 2. The van der Waals surface area contributed by atoms with Crippen LogP contribution in [0.3, 0.4) is 0 Å². The van der Waals surface area contributed by atoms with Gasteiger partial charge in [0.05, 0.1) is 16.6 Å². The van der Waals surface area contributed by atoms with Gasteiger partial charge in [-0.05, 0) is 39.3 Å². The molecule has 0 radical (unpaired) electrons. The summed E-state index contributed by atoms with van der Waals surface area (Å²) >= 11 is 6.18. The molecular formula is C19H22ClN3O5. The third-order valence-electron chi connectivity index (χ3n) is 3.59. The number of ether oxygens (including phenoxy) is 1. The lowest BCUT2D eigenvalue weighted by atomic mass is 9.99. The molecule has 9 heteroatoms. The van der Waals surface area contributed by atoms with E-state index in [0.717, 1.165) is 0 Å². The predicted molar refractivity (Wildman–Crippen MR) is 103 cm³/mol. The van der Waals surface area contributed by atoms with Crippen LogP contribution in [-0.2, 0) is 16.0 Å². The van der Waals surface area contributed by atoms with Crippen molar-refractivity contribution in [2.45, 2.75) is 45.8 Å². The monoisotopic (exact) mass is 407 g/mol. The number of nitrogens with one attached hydrogen (secondary N) is 2. The Morgan fingerprint density at radius 2 is 1.96 bits per heavy atom. The molecule has 2 rings (SSSR count). The van der Waals surface area contributed by atoms with E-state index in [2.05, 4.69) is 20.3 Å². The average molecular weight is 408 g/mol. The molecule has 0 bridgehead atoms. The van der Waals surface area contributed by atoms with E-state index in [0.29, 0.717) is 5.56 Å². The van der Waals surface area contributed by atoms with Crippen molar-refractivity contribution in [1.29, 1.82) is 0 Å². The highest BCUT2D eigenvalue weighted by molar-refractivity contribution is 6.34. The number of carbonyl (C=O) groups is 3. The molecular weight excluding hydrogens is 386 g/mol. The van der Waals surface area contributed by atoms with Crippen molar-refractivity contribution < 1.29 is 23.6 Å². The molecule has 1 unspecified atom stereocenters. The van der Waals surface area contributed by atoms with E-state index in [-0.39, 0.29) is 28.6 Å². The van der Waals surface area contributed by atoms with Crippen LogP contribution >= 0.6 is 11.6 Å². The van der Waals surface area contributed by atoms with Crippen molar-refractivity contribution in [3.05, 3.63) is 46.7 Å². The van der Waals surface area contributed by atoms with Gasteiger partial charge >= 0.3 is 6.09 Å². The Hall–Kier alpha value is -2.87. The van der Waals surface area contributed by atoms with Gasteiger partial charge in [0.2, 0.25) is 0 Å². The van der Waals surface area contributed by atoms with Gasteiger partial charge < -0.3 is 19.9 Å². The van der Waals surface area contributed by atoms with Crippen molar-refractivity contribution >= 4 is 35.2 Å². The number of carbonyl (C=O) groups excluding carboxylic acids is 3. The minimum absolute atomic E-state index is 0.0981. The number of anilines is 1. The maximum absolute atomic E-state index is 12.6. The maximum atomic E-state index is 12.6. The first-order chi connectivity index (χ1) is 13.1. The van der Waals surface area contributed by atoms with Gasteiger partial charge in [-0.15, -0.1) is 0 Å². The lowest BCUT2D eigenvalue weighted by molar-refractivity contribution is -0.120. The summed E-state index contributed by atoms with van der Waals surface area (Å²) in [6.07, 6.45) is 0.527. The Morgan fingerprint density at radius 1 is 1.25 bits per heavy atom. The molecule has 0 saturated heterocycles. The summed E-state index contributed by atoms with van der Waals surface area (Å²) in [6.45, 7) is 6.73. The largest absolute Gasteiger partial charge is 0.444 e. The summed E-state index contributed by atoms with van der Waals surface area (Å²) in [5.74, 6) is -0.596. The van der Waals surface area contributed by atoms with Crippen LogP contribution in [0.25, 0.3) is 0 Å². The van der Waals surface area contributed by atoms with E-state index in [1.165, 1.54) is 12.3 Å². The molecule has 1 aromatic carbocycles. The van der Waals surface area contributed by atoms with Crippen molar-refractivity contribution in [3.8, 4) is 0 Å². The minimum atomic E-state index is -0.805. The lowest BCUT2D eigenvalue weighted by Gasteiger charge is -2.21. The van der Waals surface area contributed by atoms with Gasteiger partial charge in [-0.2, -0.15) is 0 Å². The molecule has 0 aliphatic heterocycles. The average Bonchev–Trinajstić information content (AvgIpc) is 3.05. The summed E-state index contributed by atoms with van der Waals surface area (Å²) in [6, 6.07) is 5.49. The SMILES string of the molecule is CC(NC(=O)OC(C)(C)C)C(=O)Cc1cccc(Cl)c1C(=O)Nc1ccon1. The molecule has 2 N–H and O–H groups in total. The summed E-state index contributed by atoms with van der Waals surface area (Å²) < 4.78 is 9.82. The van der Waals surface area contributed by atoms with Crippen LogP contribution in [0, 0.1) is 0 Å². The zero-order valence-electron chi connectivity index (χ0n) is 16.0. The molecule has 8 nitrogen and oxygen atoms in total. The van der Waals surface area contributed by atoms with Crippen LogP contribution in [0.4, 0.5) is 10.6 Å². The molecule has 2 aromatic rings. The number of halogens is 1. The van der Waals surface area contributed by atoms with Gasteiger partial charge in [-0.1, -0.05) is 28.9 Å². The molecule has 0 aliphatic rings. The molecule has 0 aliphatic carbocycles. The van der Waals surface area contributed by atoms with Crippen LogP contribution < -0.4 is 10.6 Å². The van der Waals surface area contributed by atoms with Gasteiger partial charge in [-0.3, -0.25) is 9.59 Å². The number of benzene rings is 1. The fraction of sp³-hybridized carbons (Fsp3) is 0.368. The number of Topliss-reactive ketones (excluding diaryl/α,β-unsaturated/α-hetero) is 1. The molecule has 0 fully saturated rings. The number of nitrogens with zero attached hydrogens (tertiary/aromatic N) is 1. The normalized spacial score (nSPS) is 12.2. The topological polar surface area (TPSA) is 111 Å².